The zero-order valence-corrected chi connectivity index (χ0v) is 15.4. The van der Waals surface area contributed by atoms with Crippen LogP contribution in [0.1, 0.15) is 5.56 Å². The molecule has 0 aliphatic carbocycles. The van der Waals surface area contributed by atoms with Gasteiger partial charge in [0.15, 0.2) is 0 Å². The molecule has 5 nitrogen and oxygen atoms in total. The highest BCUT2D eigenvalue weighted by Crippen LogP contribution is 2.18. The minimum absolute atomic E-state index is 0.192. The van der Waals surface area contributed by atoms with Gasteiger partial charge in [0.05, 0.1) is 6.54 Å². The van der Waals surface area contributed by atoms with E-state index in [1.165, 1.54) is 10.9 Å². The number of imidazole rings is 1. The lowest BCUT2D eigenvalue weighted by atomic mass is 10.2. The highest BCUT2D eigenvalue weighted by molar-refractivity contribution is 6.31. The highest BCUT2D eigenvalue weighted by Gasteiger charge is 2.17. The average Bonchev–Trinajstić information content (AvgIpc) is 3.18. The second-order valence-electron chi connectivity index (χ2n) is 5.57. The van der Waals surface area contributed by atoms with Crippen molar-refractivity contribution in [1.82, 2.24) is 14.5 Å². The van der Waals surface area contributed by atoms with Gasteiger partial charge in [0, 0.05) is 29.0 Å². The molecule has 3 aromatic rings. The van der Waals surface area contributed by atoms with E-state index in [9.17, 15) is 4.79 Å². The third-order valence-electron chi connectivity index (χ3n) is 3.76. The van der Waals surface area contributed by atoms with Crippen molar-refractivity contribution in [3.63, 3.8) is 0 Å². The molecule has 0 saturated carbocycles. The number of rotatable bonds is 6. The molecule has 0 aliphatic rings. The Balaban J connectivity index is 1.69. The highest BCUT2D eigenvalue weighted by atomic mass is 35.5. The van der Waals surface area contributed by atoms with Crippen molar-refractivity contribution < 1.29 is 9.53 Å². The second-order valence-corrected chi connectivity index (χ2v) is 6.41. The van der Waals surface area contributed by atoms with Crippen LogP contribution in [0.25, 0.3) is 0 Å². The number of nitrogens with zero attached hydrogens (tertiary/aromatic N) is 3. The molecule has 26 heavy (non-hydrogen) atoms. The molecular weight excluding hydrogens is 373 g/mol. The molecule has 0 aliphatic heterocycles. The largest absolute Gasteiger partial charge is 0.492 e. The van der Waals surface area contributed by atoms with Gasteiger partial charge in [0.25, 0.3) is 0 Å². The van der Waals surface area contributed by atoms with Crippen LogP contribution in [0.3, 0.4) is 0 Å². The van der Waals surface area contributed by atoms with Crippen LogP contribution in [0.5, 0.6) is 5.75 Å². The Hall–Kier alpha value is -2.50. The van der Waals surface area contributed by atoms with Gasteiger partial charge >= 0.3 is 6.03 Å². The third kappa shape index (κ3) is 4.77. The molecule has 0 unspecified atom stereocenters. The summed E-state index contributed by atoms with van der Waals surface area (Å²) in [4.78, 5) is 18.3. The van der Waals surface area contributed by atoms with Gasteiger partial charge in [-0.3, -0.25) is 4.57 Å². The molecular formula is C19H17Cl2N3O2. The molecule has 0 atom stereocenters. The molecule has 0 saturated heterocycles. The molecule has 0 radical (unpaired) electrons. The summed E-state index contributed by atoms with van der Waals surface area (Å²) >= 11 is 12.1. The summed E-state index contributed by atoms with van der Waals surface area (Å²) in [5.74, 6) is 0.696. The molecule has 1 heterocycles. The van der Waals surface area contributed by atoms with E-state index in [-0.39, 0.29) is 6.03 Å². The van der Waals surface area contributed by atoms with Crippen LogP contribution in [0.2, 0.25) is 10.0 Å². The van der Waals surface area contributed by atoms with E-state index in [0.29, 0.717) is 35.5 Å². The van der Waals surface area contributed by atoms with Crippen LogP contribution >= 0.6 is 23.2 Å². The third-order valence-corrected chi connectivity index (χ3v) is 4.38. The lowest BCUT2D eigenvalue weighted by Gasteiger charge is -2.23. The molecule has 0 bridgehead atoms. The fourth-order valence-corrected chi connectivity index (χ4v) is 2.74. The van der Waals surface area contributed by atoms with Crippen LogP contribution in [0.4, 0.5) is 4.79 Å². The summed E-state index contributed by atoms with van der Waals surface area (Å²) in [5.41, 5.74) is 0.870. The van der Waals surface area contributed by atoms with E-state index in [1.54, 1.807) is 47.6 Å². The minimum Gasteiger partial charge on any atom is -0.492 e. The van der Waals surface area contributed by atoms with E-state index < -0.39 is 0 Å². The molecule has 3 rings (SSSR count). The maximum Gasteiger partial charge on any atom is 0.329 e. The Kier molecular flexibility index (Phi) is 6.15. The summed E-state index contributed by atoms with van der Waals surface area (Å²) in [7, 11) is 0. The number of hydrogen-bond donors (Lipinski definition) is 0. The smallest absolute Gasteiger partial charge is 0.329 e. The van der Waals surface area contributed by atoms with E-state index in [0.717, 1.165) is 5.56 Å². The van der Waals surface area contributed by atoms with Gasteiger partial charge in [-0.15, -0.1) is 0 Å². The molecule has 7 heteroatoms. The Bertz CT molecular complexity index is 851. The second kappa shape index (κ2) is 8.74. The predicted molar refractivity (Wildman–Crippen MR) is 102 cm³/mol. The lowest BCUT2D eigenvalue weighted by Crippen LogP contribution is -2.36. The molecule has 134 valence electrons. The Morgan fingerprint density at radius 3 is 2.58 bits per heavy atom. The summed E-state index contributed by atoms with van der Waals surface area (Å²) in [6.45, 7) is 1.11. The number of hydrogen-bond acceptors (Lipinski definition) is 3. The van der Waals surface area contributed by atoms with E-state index in [2.05, 4.69) is 4.98 Å². The lowest BCUT2D eigenvalue weighted by molar-refractivity contribution is 0.180. The monoisotopic (exact) mass is 389 g/mol. The van der Waals surface area contributed by atoms with Crippen molar-refractivity contribution in [2.75, 3.05) is 13.2 Å². The van der Waals surface area contributed by atoms with Gasteiger partial charge in [-0.25, -0.2) is 9.78 Å². The van der Waals surface area contributed by atoms with E-state index in [1.807, 2.05) is 18.2 Å². The van der Waals surface area contributed by atoms with Crippen molar-refractivity contribution in [1.29, 1.82) is 0 Å². The molecule has 0 spiro atoms. The summed E-state index contributed by atoms with van der Waals surface area (Å²) in [6, 6.07) is 14.4. The van der Waals surface area contributed by atoms with Crippen molar-refractivity contribution in [2.45, 2.75) is 6.54 Å². The molecule has 0 N–H and O–H groups in total. The Labute approximate surface area is 161 Å². The predicted octanol–water partition coefficient (Wildman–Crippen LogP) is 4.74. The van der Waals surface area contributed by atoms with Crippen molar-refractivity contribution in [2.24, 2.45) is 0 Å². The molecule has 1 aromatic heterocycles. The number of carbonyl (C=O) groups excluding carboxylic acids is 1. The standard InChI is InChI=1S/C19H17Cl2N3O2/c20-16-5-7-17(8-6-16)26-12-11-23(19(25)24-10-9-22-14-24)13-15-3-1-2-4-18(15)21/h1-10,14H,11-13H2. The Morgan fingerprint density at radius 2 is 1.88 bits per heavy atom. The number of benzene rings is 2. The molecule has 0 fully saturated rings. The van der Waals surface area contributed by atoms with Crippen molar-refractivity contribution in [3.8, 4) is 5.75 Å². The van der Waals surface area contributed by atoms with E-state index >= 15 is 0 Å². The van der Waals surface area contributed by atoms with Gasteiger partial charge in [-0.1, -0.05) is 41.4 Å². The zero-order chi connectivity index (χ0) is 18.4. The summed E-state index contributed by atoms with van der Waals surface area (Å²) < 4.78 is 7.15. The van der Waals surface area contributed by atoms with Crippen LogP contribution in [0, 0.1) is 0 Å². The van der Waals surface area contributed by atoms with E-state index in [4.69, 9.17) is 27.9 Å². The minimum atomic E-state index is -0.192. The normalized spacial score (nSPS) is 10.5. The number of aromatic nitrogens is 2. The number of amides is 1. The number of carbonyl (C=O) groups is 1. The average molecular weight is 390 g/mol. The first-order chi connectivity index (χ1) is 12.6. The maximum atomic E-state index is 12.7. The van der Waals surface area contributed by atoms with Crippen LogP contribution < -0.4 is 4.74 Å². The fraction of sp³-hybridized carbons (Fsp3) is 0.158. The van der Waals surface area contributed by atoms with Gasteiger partial charge in [0.2, 0.25) is 0 Å². The maximum absolute atomic E-state index is 12.7. The SMILES string of the molecule is O=C(N(CCOc1ccc(Cl)cc1)Cc1ccccc1Cl)n1ccnc1. The Morgan fingerprint density at radius 1 is 1.12 bits per heavy atom. The first kappa shape index (κ1) is 18.3. The van der Waals surface area contributed by atoms with Gasteiger partial charge < -0.3 is 9.64 Å². The van der Waals surface area contributed by atoms with Gasteiger partial charge in [-0.2, -0.15) is 0 Å². The summed E-state index contributed by atoms with van der Waals surface area (Å²) in [6.07, 6.45) is 4.65. The molecule has 2 aromatic carbocycles. The molecule has 1 amide bonds. The fourth-order valence-electron chi connectivity index (χ4n) is 2.41. The zero-order valence-electron chi connectivity index (χ0n) is 13.9. The number of halogens is 2. The topological polar surface area (TPSA) is 47.4 Å². The van der Waals surface area contributed by atoms with Crippen molar-refractivity contribution in [3.05, 3.63) is 82.9 Å². The van der Waals surface area contributed by atoms with Crippen LogP contribution in [-0.2, 0) is 6.54 Å². The number of ether oxygens (including phenoxy) is 1. The van der Waals surface area contributed by atoms with Gasteiger partial charge in [0.1, 0.15) is 18.7 Å². The van der Waals surface area contributed by atoms with Gasteiger partial charge in [-0.05, 0) is 35.9 Å². The quantitative estimate of drug-likeness (QED) is 0.611. The summed E-state index contributed by atoms with van der Waals surface area (Å²) in [5, 5.41) is 1.27. The van der Waals surface area contributed by atoms with Crippen LogP contribution in [0.15, 0.2) is 67.3 Å². The van der Waals surface area contributed by atoms with Crippen molar-refractivity contribution >= 4 is 29.2 Å². The first-order valence-electron chi connectivity index (χ1n) is 8.02. The first-order valence-corrected chi connectivity index (χ1v) is 8.78. The van der Waals surface area contributed by atoms with Crippen LogP contribution in [-0.4, -0.2) is 33.6 Å².